The van der Waals surface area contributed by atoms with Crippen molar-refractivity contribution < 1.29 is 34.8 Å². The Bertz CT molecular complexity index is 1110. The molecule has 0 radical (unpaired) electrons. The average Bonchev–Trinajstić information content (AvgIpc) is 3.62. The summed E-state index contributed by atoms with van der Waals surface area (Å²) in [6, 6.07) is 0. The second kappa shape index (κ2) is 8.73. The van der Waals surface area contributed by atoms with Gasteiger partial charge < -0.3 is 30.0 Å². The number of aliphatic hydroxyl groups is 4. The first-order valence-electron chi connectivity index (χ1n) is 15.1. The molecule has 0 aromatic carbocycles. The Morgan fingerprint density at radius 3 is 2.31 bits per heavy atom. The predicted molar refractivity (Wildman–Crippen MR) is 144 cm³/mol. The molecule has 6 aliphatic rings. The van der Waals surface area contributed by atoms with E-state index in [4.69, 9.17) is 4.74 Å². The number of carbonyl (C=O) groups is 2. The predicted octanol–water partition coefficient (Wildman–Crippen LogP) is 3.33. The van der Waals surface area contributed by atoms with Crippen LogP contribution in [0.1, 0.15) is 79.1 Å². The van der Waals surface area contributed by atoms with E-state index in [1.165, 1.54) is 6.92 Å². The molecule has 4 N–H and O–H groups in total. The minimum Gasteiger partial charge on any atom is -0.462 e. The van der Waals surface area contributed by atoms with Crippen molar-refractivity contribution in [1.82, 2.24) is 0 Å². The van der Waals surface area contributed by atoms with Gasteiger partial charge in [-0.3, -0.25) is 4.79 Å². The van der Waals surface area contributed by atoms with E-state index in [1.807, 2.05) is 6.92 Å². The quantitative estimate of drug-likeness (QED) is 0.239. The van der Waals surface area contributed by atoms with E-state index in [9.17, 15) is 30.0 Å². The van der Waals surface area contributed by atoms with Crippen molar-refractivity contribution >= 4 is 12.3 Å². The highest BCUT2D eigenvalue weighted by atomic mass is 16.5. The first kappa shape index (κ1) is 27.6. The summed E-state index contributed by atoms with van der Waals surface area (Å²) in [6.45, 7) is 11.0. The fourth-order valence-electron chi connectivity index (χ4n) is 11.4. The van der Waals surface area contributed by atoms with Gasteiger partial charge in [0.05, 0.1) is 29.3 Å². The molecule has 5 saturated carbocycles. The van der Waals surface area contributed by atoms with E-state index >= 15 is 0 Å². The third kappa shape index (κ3) is 3.25. The Balaban J connectivity index is 1.43. The molecule has 7 nitrogen and oxygen atoms in total. The molecule has 39 heavy (non-hydrogen) atoms. The van der Waals surface area contributed by atoms with E-state index in [2.05, 4.69) is 12.7 Å². The van der Waals surface area contributed by atoms with Crippen LogP contribution in [0.2, 0.25) is 0 Å². The van der Waals surface area contributed by atoms with Crippen LogP contribution in [0.4, 0.5) is 0 Å². The van der Waals surface area contributed by atoms with Gasteiger partial charge in [0.2, 0.25) is 0 Å². The van der Waals surface area contributed by atoms with E-state index < -0.39 is 46.1 Å². The molecule has 0 aromatic rings. The van der Waals surface area contributed by atoms with Gasteiger partial charge in [-0.05, 0) is 84.0 Å². The van der Waals surface area contributed by atoms with E-state index in [-0.39, 0.29) is 41.7 Å². The number of allylic oxidation sites excluding steroid dienone is 1. The first-order valence-corrected chi connectivity index (χ1v) is 15.1. The van der Waals surface area contributed by atoms with E-state index in [0.29, 0.717) is 25.7 Å². The summed E-state index contributed by atoms with van der Waals surface area (Å²) in [7, 11) is 0. The Morgan fingerprint density at radius 1 is 1.03 bits per heavy atom. The number of hydrogen-bond acceptors (Lipinski definition) is 7. The minimum absolute atomic E-state index is 0.0817. The van der Waals surface area contributed by atoms with Crippen LogP contribution in [0.3, 0.4) is 0 Å². The summed E-state index contributed by atoms with van der Waals surface area (Å²) in [5, 5.41) is 46.9. The lowest BCUT2D eigenvalue weighted by atomic mass is 9.55. The van der Waals surface area contributed by atoms with Crippen molar-refractivity contribution in [3.05, 3.63) is 23.8 Å². The molecular weight excluding hydrogens is 496 g/mol. The monoisotopic (exact) mass is 542 g/mol. The van der Waals surface area contributed by atoms with Gasteiger partial charge in [-0.2, -0.15) is 0 Å². The maximum Gasteiger partial charge on any atom is 0.302 e. The first-order chi connectivity index (χ1) is 18.3. The van der Waals surface area contributed by atoms with Gasteiger partial charge in [0.15, 0.2) is 0 Å². The van der Waals surface area contributed by atoms with Crippen molar-refractivity contribution in [2.45, 2.75) is 109 Å². The molecule has 0 saturated heterocycles. The molecule has 216 valence electrons. The van der Waals surface area contributed by atoms with E-state index in [0.717, 1.165) is 43.1 Å². The lowest BCUT2D eigenvalue weighted by Crippen LogP contribution is -2.59. The number of rotatable bonds is 5. The molecule has 0 unspecified atom stereocenters. The highest BCUT2D eigenvalue weighted by Crippen LogP contribution is 2.80. The van der Waals surface area contributed by atoms with Gasteiger partial charge in [-0.25, -0.2) is 0 Å². The summed E-state index contributed by atoms with van der Waals surface area (Å²) >= 11 is 0. The lowest BCUT2D eigenvalue weighted by molar-refractivity contribution is -0.170. The Hall–Kier alpha value is -1.54. The molecule has 0 heterocycles. The number of esters is 1. The van der Waals surface area contributed by atoms with Gasteiger partial charge in [-0.15, -0.1) is 0 Å². The van der Waals surface area contributed by atoms with Crippen LogP contribution in [-0.4, -0.2) is 62.7 Å². The van der Waals surface area contributed by atoms with Crippen LogP contribution in [0, 0.1) is 51.8 Å². The number of ether oxygens (including phenoxy) is 1. The average molecular weight is 543 g/mol. The second-order valence-electron chi connectivity index (χ2n) is 14.6. The number of carbonyl (C=O) groups excluding carboxylic acids is 2. The van der Waals surface area contributed by atoms with Gasteiger partial charge in [0, 0.05) is 41.4 Å². The van der Waals surface area contributed by atoms with Crippen LogP contribution in [0.15, 0.2) is 23.8 Å². The molecule has 5 fully saturated rings. The third-order valence-electron chi connectivity index (χ3n) is 12.8. The van der Waals surface area contributed by atoms with Crippen LogP contribution in [0.5, 0.6) is 0 Å². The minimum atomic E-state index is -1.12. The highest BCUT2D eigenvalue weighted by Gasteiger charge is 2.83. The number of aliphatic hydroxyl groups excluding tert-OH is 3. The van der Waals surface area contributed by atoms with Crippen LogP contribution in [-0.2, 0) is 14.3 Å². The molecule has 7 heteroatoms. The van der Waals surface area contributed by atoms with Crippen molar-refractivity contribution in [3.8, 4) is 0 Å². The zero-order chi connectivity index (χ0) is 28.3. The fraction of sp³-hybridized carbons (Fsp3) is 0.812. The molecule has 0 aliphatic heterocycles. The van der Waals surface area contributed by atoms with Crippen molar-refractivity contribution in [2.24, 2.45) is 51.8 Å². The van der Waals surface area contributed by atoms with E-state index in [1.54, 1.807) is 13.8 Å². The van der Waals surface area contributed by atoms with Crippen molar-refractivity contribution in [2.75, 3.05) is 0 Å². The summed E-state index contributed by atoms with van der Waals surface area (Å²) < 4.78 is 5.90. The summed E-state index contributed by atoms with van der Waals surface area (Å²) in [6.07, 6.45) is 5.61. The summed E-state index contributed by atoms with van der Waals surface area (Å²) in [5.74, 6) is -0.919. The van der Waals surface area contributed by atoms with Crippen LogP contribution >= 0.6 is 0 Å². The Morgan fingerprint density at radius 2 is 1.72 bits per heavy atom. The standard InChI is InChI=1S/C32H46O7/c1-16(2)18-6-8-20(25(18)39-17(3)34)19-7-9-21-22(19)14-30(15-33)24-11-13-32(30,26(21)35)28(37)31(24)12-10-23(27(31)36)29(4,5)38/h14-15,18-21,23-28,35-38H,1,6-13H2,2-5H3/t18-,19-,20+,21+,23+,24+,25+,26-,27-,28-,30-,31+,32+/m0/s1. The zero-order valence-corrected chi connectivity index (χ0v) is 23.8. The molecule has 6 rings (SSSR count). The van der Waals surface area contributed by atoms with Gasteiger partial charge in [-0.1, -0.05) is 23.8 Å². The molecule has 0 amide bonds. The molecule has 1 spiro atoms. The summed E-state index contributed by atoms with van der Waals surface area (Å²) in [4.78, 5) is 25.4. The Labute approximate surface area is 231 Å². The van der Waals surface area contributed by atoms with Gasteiger partial charge >= 0.3 is 5.97 Å². The Kier molecular flexibility index (Phi) is 6.18. The lowest BCUT2D eigenvalue weighted by Gasteiger charge is -2.51. The molecule has 2 bridgehead atoms. The molecule has 6 aliphatic carbocycles. The maximum absolute atomic E-state index is 13.3. The number of hydrogen-bond donors (Lipinski definition) is 4. The molecular formula is C32H46O7. The van der Waals surface area contributed by atoms with Crippen molar-refractivity contribution in [3.63, 3.8) is 0 Å². The smallest absolute Gasteiger partial charge is 0.302 e. The zero-order valence-electron chi connectivity index (χ0n) is 23.8. The van der Waals surface area contributed by atoms with Crippen LogP contribution < -0.4 is 0 Å². The maximum atomic E-state index is 13.3. The normalized spacial score (nSPS) is 52.1. The number of aldehydes is 1. The van der Waals surface area contributed by atoms with Crippen molar-refractivity contribution in [1.29, 1.82) is 0 Å². The fourth-order valence-corrected chi connectivity index (χ4v) is 11.4. The van der Waals surface area contributed by atoms with Crippen LogP contribution in [0.25, 0.3) is 0 Å². The molecule has 0 aromatic heterocycles. The molecule has 13 atom stereocenters. The summed E-state index contributed by atoms with van der Waals surface area (Å²) in [5.41, 5.74) is -2.07. The topological polar surface area (TPSA) is 124 Å². The van der Waals surface area contributed by atoms with Gasteiger partial charge in [0.25, 0.3) is 0 Å². The SMILES string of the molecule is C=C(C)[C@@H]1CC[C@H]([C@@H]2CC[C@@H]3C2=C[C@]2(C=O)[C@H]4CC[C@@]2([C@H]3O)[C@@H](O)[C@]42CC[C@@H](C(C)(C)O)[C@@H]2O)[C@@H]1OC(C)=O. The highest BCUT2D eigenvalue weighted by molar-refractivity contribution is 5.71. The number of fused-ring (bicyclic) bond motifs is 2. The largest absolute Gasteiger partial charge is 0.462 e. The van der Waals surface area contributed by atoms with Gasteiger partial charge in [0.1, 0.15) is 12.4 Å². The second-order valence-corrected chi connectivity index (χ2v) is 14.6. The third-order valence-corrected chi connectivity index (χ3v) is 12.8.